The Hall–Kier alpha value is -4.78. The van der Waals surface area contributed by atoms with E-state index in [-0.39, 0.29) is 22.8 Å². The number of carbonyl (C=O) groups excluding carboxylic acids is 1. The standard InChI is InChI=1S/C28H20F4N4O2/c29-22-11-10-20(14-21(22)28(30,31)32)36-23-16-35(13-12-17-4-2-1-3-5-17)26(37)24(23)25(34-27(36)38)19-8-6-18(15-33)7-9-19/h1-11,14,16,25,37H,12-13H2,(H,34,38). The first-order valence-electron chi connectivity index (χ1n) is 11.6. The number of nitrogens with zero attached hydrogens (tertiary/aromatic N) is 3. The SMILES string of the molecule is N#Cc1ccc(C2NC(=O)N(c3ccc(F)c(C(F)(F)F)c3)c3cn(CCc4ccccc4)c(O)c32)cc1. The topological polar surface area (TPSA) is 81.3 Å². The van der Waals surface area contributed by atoms with Crippen LogP contribution in [0.4, 0.5) is 33.7 Å². The number of amides is 2. The summed E-state index contributed by atoms with van der Waals surface area (Å²) in [4.78, 5) is 14.3. The molecule has 2 N–H and O–H groups in total. The molecule has 0 bridgehead atoms. The lowest BCUT2D eigenvalue weighted by Crippen LogP contribution is -2.44. The summed E-state index contributed by atoms with van der Waals surface area (Å²) in [5.41, 5.74) is 0.662. The fourth-order valence-corrected chi connectivity index (χ4v) is 4.56. The molecule has 6 nitrogen and oxygen atoms in total. The van der Waals surface area contributed by atoms with Gasteiger partial charge in [0, 0.05) is 12.7 Å². The summed E-state index contributed by atoms with van der Waals surface area (Å²) in [6.07, 6.45) is -2.93. The first kappa shape index (κ1) is 24.9. The third kappa shape index (κ3) is 4.54. The first-order chi connectivity index (χ1) is 18.2. The minimum absolute atomic E-state index is 0.161. The third-order valence-corrected chi connectivity index (χ3v) is 6.44. The lowest BCUT2D eigenvalue weighted by molar-refractivity contribution is -0.139. The number of rotatable bonds is 5. The van der Waals surface area contributed by atoms with Crippen molar-refractivity contribution in [2.24, 2.45) is 0 Å². The van der Waals surface area contributed by atoms with E-state index in [1.165, 1.54) is 10.8 Å². The van der Waals surface area contributed by atoms with Gasteiger partial charge in [-0.2, -0.15) is 18.4 Å². The average molecular weight is 520 g/mol. The van der Waals surface area contributed by atoms with Crippen LogP contribution >= 0.6 is 0 Å². The molecular weight excluding hydrogens is 500 g/mol. The lowest BCUT2D eigenvalue weighted by Gasteiger charge is -2.33. The first-order valence-corrected chi connectivity index (χ1v) is 11.6. The van der Waals surface area contributed by atoms with E-state index in [0.717, 1.165) is 16.5 Å². The summed E-state index contributed by atoms with van der Waals surface area (Å²) in [5.74, 6) is -1.63. The van der Waals surface area contributed by atoms with Crippen LogP contribution in [0.5, 0.6) is 5.88 Å². The Bertz CT molecular complexity index is 1540. The van der Waals surface area contributed by atoms with Crippen LogP contribution in [0.25, 0.3) is 0 Å². The van der Waals surface area contributed by atoms with E-state index < -0.39 is 29.6 Å². The Morgan fingerprint density at radius 1 is 1.03 bits per heavy atom. The Morgan fingerprint density at radius 2 is 1.74 bits per heavy atom. The number of nitrogens with one attached hydrogen (secondary N) is 1. The zero-order valence-electron chi connectivity index (χ0n) is 19.7. The van der Waals surface area contributed by atoms with Crippen molar-refractivity contribution in [2.45, 2.75) is 25.2 Å². The molecule has 0 saturated heterocycles. The summed E-state index contributed by atoms with van der Waals surface area (Å²) < 4.78 is 55.8. The lowest BCUT2D eigenvalue weighted by atomic mass is 9.96. The molecule has 3 aromatic carbocycles. The van der Waals surface area contributed by atoms with Crippen molar-refractivity contribution in [3.63, 3.8) is 0 Å². The molecule has 0 radical (unpaired) electrons. The quantitative estimate of drug-likeness (QED) is 0.298. The number of carbonyl (C=O) groups is 1. The van der Waals surface area contributed by atoms with Gasteiger partial charge in [0.15, 0.2) is 5.88 Å². The highest BCUT2D eigenvalue weighted by molar-refractivity contribution is 6.03. The van der Waals surface area contributed by atoms with E-state index in [1.807, 2.05) is 36.4 Å². The average Bonchev–Trinajstić information content (AvgIpc) is 3.23. The number of fused-ring (bicyclic) bond motifs is 1. The highest BCUT2D eigenvalue weighted by Gasteiger charge is 2.39. The molecule has 2 heterocycles. The number of benzene rings is 3. The van der Waals surface area contributed by atoms with Gasteiger partial charge in [-0.05, 0) is 47.9 Å². The van der Waals surface area contributed by atoms with E-state index in [0.29, 0.717) is 36.2 Å². The third-order valence-electron chi connectivity index (χ3n) is 6.44. The summed E-state index contributed by atoms with van der Waals surface area (Å²) in [6.45, 7) is 0.322. The number of aromatic nitrogens is 1. The molecule has 4 aromatic rings. The van der Waals surface area contributed by atoms with E-state index in [9.17, 15) is 27.5 Å². The Labute approximate surface area is 215 Å². The second kappa shape index (κ2) is 9.59. The molecule has 0 saturated carbocycles. The Morgan fingerprint density at radius 3 is 2.39 bits per heavy atom. The molecule has 1 aliphatic rings. The van der Waals surface area contributed by atoms with E-state index in [2.05, 4.69) is 5.32 Å². The second-order valence-electron chi connectivity index (χ2n) is 8.79. The molecule has 5 rings (SSSR count). The van der Waals surface area contributed by atoms with Gasteiger partial charge in [0.25, 0.3) is 0 Å². The van der Waals surface area contributed by atoms with Crippen LogP contribution in [0.1, 0.15) is 33.9 Å². The minimum Gasteiger partial charge on any atom is -0.494 e. The van der Waals surface area contributed by atoms with Crippen molar-refractivity contribution in [3.05, 3.63) is 113 Å². The molecule has 1 aromatic heterocycles. The molecule has 1 unspecified atom stereocenters. The number of urea groups is 1. The van der Waals surface area contributed by atoms with E-state index in [4.69, 9.17) is 5.26 Å². The number of aryl methyl sites for hydroxylation is 2. The van der Waals surface area contributed by atoms with Crippen LogP contribution < -0.4 is 10.2 Å². The van der Waals surface area contributed by atoms with Crippen molar-refractivity contribution in [3.8, 4) is 11.9 Å². The smallest absolute Gasteiger partial charge is 0.419 e. The summed E-state index contributed by atoms with van der Waals surface area (Å²) >= 11 is 0. The normalized spacial score (nSPS) is 15.1. The highest BCUT2D eigenvalue weighted by Crippen LogP contribution is 2.46. The van der Waals surface area contributed by atoms with Gasteiger partial charge in [0.05, 0.1) is 40.2 Å². The monoisotopic (exact) mass is 520 g/mol. The highest BCUT2D eigenvalue weighted by atomic mass is 19.4. The van der Waals surface area contributed by atoms with Crippen molar-refractivity contribution >= 4 is 17.4 Å². The fraction of sp³-hybridized carbons (Fsp3) is 0.143. The number of aromatic hydroxyl groups is 1. The fourth-order valence-electron chi connectivity index (χ4n) is 4.56. The predicted octanol–water partition coefficient (Wildman–Crippen LogP) is 6.42. The molecule has 0 fully saturated rings. The van der Waals surface area contributed by atoms with Crippen LogP contribution in [-0.4, -0.2) is 15.7 Å². The van der Waals surface area contributed by atoms with Crippen molar-refractivity contribution in [1.82, 2.24) is 9.88 Å². The van der Waals surface area contributed by atoms with Gasteiger partial charge < -0.3 is 15.0 Å². The van der Waals surface area contributed by atoms with Gasteiger partial charge in [-0.1, -0.05) is 42.5 Å². The van der Waals surface area contributed by atoms with Crippen LogP contribution in [0, 0.1) is 17.1 Å². The molecule has 1 atom stereocenters. The number of hydrogen-bond donors (Lipinski definition) is 2. The number of anilines is 2. The summed E-state index contributed by atoms with van der Waals surface area (Å²) in [7, 11) is 0. The zero-order valence-corrected chi connectivity index (χ0v) is 19.7. The maximum absolute atomic E-state index is 14.0. The zero-order chi connectivity index (χ0) is 27.0. The van der Waals surface area contributed by atoms with Gasteiger partial charge in [0.1, 0.15) is 5.82 Å². The largest absolute Gasteiger partial charge is 0.494 e. The number of halogens is 4. The summed E-state index contributed by atoms with van der Waals surface area (Å²) in [5, 5.41) is 23.1. The van der Waals surface area contributed by atoms with Crippen molar-refractivity contribution in [2.75, 3.05) is 4.90 Å². The van der Waals surface area contributed by atoms with Gasteiger partial charge in [-0.3, -0.25) is 4.90 Å². The number of nitriles is 1. The molecule has 10 heteroatoms. The Balaban J connectivity index is 1.62. The second-order valence-corrected chi connectivity index (χ2v) is 8.79. The van der Waals surface area contributed by atoms with E-state index >= 15 is 0 Å². The molecule has 192 valence electrons. The molecule has 1 aliphatic heterocycles. The van der Waals surface area contributed by atoms with Crippen molar-refractivity contribution < 1.29 is 27.5 Å². The Kier molecular flexibility index (Phi) is 6.28. The molecular formula is C28H20F4N4O2. The van der Waals surface area contributed by atoms with Crippen molar-refractivity contribution in [1.29, 1.82) is 5.26 Å². The van der Waals surface area contributed by atoms with Gasteiger partial charge in [-0.25, -0.2) is 9.18 Å². The van der Waals surface area contributed by atoms with Gasteiger partial charge in [-0.15, -0.1) is 0 Å². The van der Waals surface area contributed by atoms with Crippen LogP contribution in [0.15, 0.2) is 79.0 Å². The number of alkyl halides is 3. The minimum atomic E-state index is -4.97. The maximum Gasteiger partial charge on any atom is 0.419 e. The van der Waals surface area contributed by atoms with Crippen LogP contribution in [0.3, 0.4) is 0 Å². The maximum atomic E-state index is 14.0. The number of hydrogen-bond acceptors (Lipinski definition) is 3. The molecule has 38 heavy (non-hydrogen) atoms. The van der Waals surface area contributed by atoms with Gasteiger partial charge >= 0.3 is 12.2 Å². The molecule has 0 aliphatic carbocycles. The van der Waals surface area contributed by atoms with E-state index in [1.54, 1.807) is 24.3 Å². The summed E-state index contributed by atoms with van der Waals surface area (Å²) in [6, 6.07) is 18.6. The van der Waals surface area contributed by atoms with Gasteiger partial charge in [0.2, 0.25) is 0 Å². The molecule has 0 spiro atoms. The predicted molar refractivity (Wildman–Crippen MR) is 131 cm³/mol. The van der Waals surface area contributed by atoms with Crippen LogP contribution in [0.2, 0.25) is 0 Å². The molecule has 2 amide bonds. The van der Waals surface area contributed by atoms with Crippen LogP contribution in [-0.2, 0) is 19.1 Å².